The van der Waals surface area contributed by atoms with Crippen LogP contribution < -0.4 is 14.8 Å². The number of Topliss-reactive ketones (excluding diaryl/α,β-unsaturated/α-hetero) is 1. The summed E-state index contributed by atoms with van der Waals surface area (Å²) in [5.41, 5.74) is 0.500. The summed E-state index contributed by atoms with van der Waals surface area (Å²) in [5, 5.41) is 3.50. The third-order valence-electron chi connectivity index (χ3n) is 6.01. The van der Waals surface area contributed by atoms with Crippen LogP contribution in [0.3, 0.4) is 0 Å². The Kier molecular flexibility index (Phi) is 7.56. The van der Waals surface area contributed by atoms with Crippen molar-refractivity contribution in [2.45, 2.75) is 39.4 Å². The number of halogens is 1. The maximum Gasteiger partial charge on any atom is 0.410 e. The van der Waals surface area contributed by atoms with Crippen molar-refractivity contribution in [1.29, 1.82) is 0 Å². The second-order valence-electron chi connectivity index (χ2n) is 9.96. The van der Waals surface area contributed by atoms with Crippen molar-refractivity contribution in [1.82, 2.24) is 14.9 Å². The summed E-state index contributed by atoms with van der Waals surface area (Å²) >= 11 is 6.37. The van der Waals surface area contributed by atoms with Crippen molar-refractivity contribution in [2.24, 2.45) is 11.8 Å². The van der Waals surface area contributed by atoms with Gasteiger partial charge in [-0.1, -0.05) is 11.6 Å². The second-order valence-corrected chi connectivity index (χ2v) is 10.4. The quantitative estimate of drug-likeness (QED) is 0.558. The molecular weight excluding hydrogens is 488 g/mol. The standard InChI is InChI=1S/C25H31ClN4O6/c1-14(31)15-6-7-19(18(26)8-15)29-22-21(33-5)23(28-13-27-22)35-20-16-9-30(10-17(20)12-34-11-16)24(32)36-25(2,3)4/h6-8,13,16-17,20H,9-12H2,1-5H3,(H,27,28,29). The number of nitrogens with one attached hydrogen (secondary N) is 1. The summed E-state index contributed by atoms with van der Waals surface area (Å²) < 4.78 is 23.3. The fourth-order valence-corrected chi connectivity index (χ4v) is 4.60. The van der Waals surface area contributed by atoms with Crippen LogP contribution in [-0.2, 0) is 9.47 Å². The molecule has 2 aromatic rings. The first-order chi connectivity index (χ1) is 17.1. The number of ether oxygens (including phenoxy) is 4. The highest BCUT2D eigenvalue weighted by Gasteiger charge is 2.45. The Bertz CT molecular complexity index is 1120. The number of likely N-dealkylation sites (tertiary alicyclic amines) is 1. The van der Waals surface area contributed by atoms with Crippen LogP contribution in [0.5, 0.6) is 11.6 Å². The number of benzene rings is 1. The molecule has 0 spiro atoms. The summed E-state index contributed by atoms with van der Waals surface area (Å²) in [4.78, 5) is 34.6. The number of amides is 1. The van der Waals surface area contributed by atoms with Gasteiger partial charge >= 0.3 is 6.09 Å². The lowest BCUT2D eigenvalue weighted by molar-refractivity contribution is -0.113. The number of piperidine rings is 1. The number of fused-ring (bicyclic) bond motifs is 2. The van der Waals surface area contributed by atoms with E-state index in [0.717, 1.165) is 0 Å². The van der Waals surface area contributed by atoms with Gasteiger partial charge in [0.05, 0.1) is 31.0 Å². The van der Waals surface area contributed by atoms with E-state index >= 15 is 0 Å². The smallest absolute Gasteiger partial charge is 0.410 e. The second kappa shape index (κ2) is 10.5. The Labute approximate surface area is 215 Å². The molecular formula is C25H31ClN4O6. The minimum absolute atomic E-state index is 0.0605. The molecule has 2 bridgehead atoms. The molecule has 1 aromatic carbocycles. The average Bonchev–Trinajstić information content (AvgIpc) is 2.79. The van der Waals surface area contributed by atoms with E-state index in [1.807, 2.05) is 20.8 Å². The van der Waals surface area contributed by atoms with Crippen molar-refractivity contribution < 1.29 is 28.5 Å². The highest BCUT2D eigenvalue weighted by molar-refractivity contribution is 6.33. The van der Waals surface area contributed by atoms with Gasteiger partial charge in [-0.25, -0.2) is 9.78 Å². The molecule has 2 unspecified atom stereocenters. The Morgan fingerprint density at radius 3 is 2.44 bits per heavy atom. The molecule has 3 heterocycles. The number of hydrogen-bond acceptors (Lipinski definition) is 9. The van der Waals surface area contributed by atoms with Gasteiger partial charge in [0.2, 0.25) is 5.75 Å². The van der Waals surface area contributed by atoms with Crippen LogP contribution in [0.4, 0.5) is 16.3 Å². The van der Waals surface area contributed by atoms with Crippen molar-refractivity contribution >= 4 is 35.0 Å². The number of carbonyl (C=O) groups is 2. The summed E-state index contributed by atoms with van der Waals surface area (Å²) in [6.45, 7) is 8.84. The van der Waals surface area contributed by atoms with Gasteiger partial charge in [-0.05, 0) is 45.9 Å². The average molecular weight is 519 g/mol. The third-order valence-corrected chi connectivity index (χ3v) is 6.32. The van der Waals surface area contributed by atoms with Crippen LogP contribution >= 0.6 is 11.6 Å². The van der Waals surface area contributed by atoms with E-state index in [1.54, 1.807) is 23.1 Å². The van der Waals surface area contributed by atoms with Crippen molar-refractivity contribution in [3.63, 3.8) is 0 Å². The largest absolute Gasteiger partial charge is 0.489 e. The van der Waals surface area contributed by atoms with E-state index in [-0.39, 0.29) is 35.7 Å². The van der Waals surface area contributed by atoms with Crippen molar-refractivity contribution in [2.75, 3.05) is 38.7 Å². The van der Waals surface area contributed by atoms with Crippen molar-refractivity contribution in [3.05, 3.63) is 35.1 Å². The Morgan fingerprint density at radius 2 is 1.86 bits per heavy atom. The predicted molar refractivity (Wildman–Crippen MR) is 133 cm³/mol. The molecule has 2 atom stereocenters. The first-order valence-corrected chi connectivity index (χ1v) is 12.1. The van der Waals surface area contributed by atoms with Gasteiger partial charge in [0.15, 0.2) is 11.6 Å². The number of nitrogens with zero attached hydrogens (tertiary/aromatic N) is 3. The first-order valence-electron chi connectivity index (χ1n) is 11.7. The minimum atomic E-state index is -0.566. The van der Waals surface area contributed by atoms with Crippen molar-refractivity contribution in [3.8, 4) is 11.6 Å². The molecule has 1 amide bonds. The molecule has 1 N–H and O–H groups in total. The lowest BCUT2D eigenvalue weighted by Crippen LogP contribution is -2.59. The van der Waals surface area contributed by atoms with Crippen LogP contribution in [0.15, 0.2) is 24.5 Å². The molecule has 2 aliphatic rings. The predicted octanol–water partition coefficient (Wildman–Crippen LogP) is 4.35. The van der Waals surface area contributed by atoms with Gasteiger partial charge in [0.1, 0.15) is 18.0 Å². The molecule has 1 aromatic heterocycles. The first kappa shape index (κ1) is 26.0. The number of rotatable bonds is 6. The lowest BCUT2D eigenvalue weighted by Gasteiger charge is -2.46. The van der Waals surface area contributed by atoms with Crippen LogP contribution in [0.25, 0.3) is 0 Å². The van der Waals surface area contributed by atoms with Gasteiger partial charge < -0.3 is 29.2 Å². The zero-order valence-electron chi connectivity index (χ0n) is 21.0. The third kappa shape index (κ3) is 5.82. The van der Waals surface area contributed by atoms with Gasteiger partial charge in [0, 0.05) is 30.5 Å². The Morgan fingerprint density at radius 1 is 1.17 bits per heavy atom. The zero-order chi connectivity index (χ0) is 26.0. The fourth-order valence-electron chi connectivity index (χ4n) is 4.37. The Hall–Kier alpha value is -3.11. The monoisotopic (exact) mass is 518 g/mol. The van der Waals surface area contributed by atoms with E-state index in [2.05, 4.69) is 15.3 Å². The maximum absolute atomic E-state index is 12.7. The molecule has 0 saturated carbocycles. The number of hydrogen-bond donors (Lipinski definition) is 1. The molecule has 36 heavy (non-hydrogen) atoms. The van der Waals surface area contributed by atoms with Gasteiger partial charge in [-0.15, -0.1) is 0 Å². The molecule has 194 valence electrons. The maximum atomic E-state index is 12.7. The molecule has 2 aliphatic heterocycles. The SMILES string of the molecule is COc1c(Nc2ccc(C(C)=O)cc2Cl)ncnc1OC1C2COCC1CN(C(=O)OC(C)(C)C)C2. The van der Waals surface area contributed by atoms with Gasteiger partial charge in [0.25, 0.3) is 5.88 Å². The highest BCUT2D eigenvalue weighted by Crippen LogP contribution is 2.39. The summed E-state index contributed by atoms with van der Waals surface area (Å²) in [7, 11) is 1.51. The van der Waals surface area contributed by atoms with Gasteiger partial charge in [-0.3, -0.25) is 4.79 Å². The zero-order valence-corrected chi connectivity index (χ0v) is 21.8. The van der Waals surface area contributed by atoms with Crippen LogP contribution in [0.1, 0.15) is 38.1 Å². The van der Waals surface area contributed by atoms with E-state index in [9.17, 15) is 9.59 Å². The van der Waals surface area contributed by atoms with Crippen LogP contribution in [0.2, 0.25) is 5.02 Å². The summed E-state index contributed by atoms with van der Waals surface area (Å²) in [6.07, 6.45) is 0.810. The summed E-state index contributed by atoms with van der Waals surface area (Å²) in [6, 6.07) is 4.98. The van der Waals surface area contributed by atoms with Crippen LogP contribution in [-0.4, -0.2) is 71.9 Å². The number of ketones is 1. The van der Waals surface area contributed by atoms with E-state index in [4.69, 9.17) is 30.5 Å². The highest BCUT2D eigenvalue weighted by atomic mass is 35.5. The molecule has 2 fully saturated rings. The number of methoxy groups -OCH3 is 1. The molecule has 10 nitrogen and oxygen atoms in total. The Balaban J connectivity index is 1.52. The molecule has 2 saturated heterocycles. The minimum Gasteiger partial charge on any atom is -0.489 e. The molecule has 4 rings (SSSR count). The lowest BCUT2D eigenvalue weighted by atomic mass is 9.84. The van der Waals surface area contributed by atoms with E-state index < -0.39 is 5.60 Å². The van der Waals surface area contributed by atoms with Gasteiger partial charge in [-0.2, -0.15) is 4.98 Å². The number of carbonyl (C=O) groups excluding carboxylic acids is 2. The molecule has 0 aliphatic carbocycles. The number of anilines is 2. The number of aromatic nitrogens is 2. The van der Waals surface area contributed by atoms with E-state index in [1.165, 1.54) is 20.4 Å². The van der Waals surface area contributed by atoms with Crippen LogP contribution in [0, 0.1) is 11.8 Å². The normalized spacial score (nSPS) is 21.5. The molecule has 11 heteroatoms. The van der Waals surface area contributed by atoms with E-state index in [0.29, 0.717) is 54.1 Å². The fraction of sp³-hybridized carbons (Fsp3) is 0.520. The molecule has 0 radical (unpaired) electrons. The topological polar surface area (TPSA) is 112 Å². The summed E-state index contributed by atoms with van der Waals surface area (Å²) in [5.74, 6) is 0.764.